The van der Waals surface area contributed by atoms with E-state index in [1.54, 1.807) is 6.08 Å². The number of nitrogens with zero attached hydrogens (tertiary/aromatic N) is 2. The van der Waals surface area contributed by atoms with Crippen LogP contribution in [0.15, 0.2) is 30.3 Å². The van der Waals surface area contributed by atoms with Crippen LogP contribution in [-0.2, 0) is 30.7 Å². The fourth-order valence-electron chi connectivity index (χ4n) is 3.49. The number of carbonyl (C=O) groups excluding carboxylic acids is 2. The van der Waals surface area contributed by atoms with Gasteiger partial charge in [-0.1, -0.05) is 29.8 Å². The lowest BCUT2D eigenvalue weighted by molar-refractivity contribution is -0.143. The zero-order valence-corrected chi connectivity index (χ0v) is 18.7. The second-order valence-corrected chi connectivity index (χ2v) is 10.1. The molecule has 1 amide bonds. The van der Waals surface area contributed by atoms with Gasteiger partial charge >= 0.3 is 5.97 Å². The monoisotopic (exact) mass is 445 g/mol. The predicted octanol–water partition coefficient (Wildman–Crippen LogP) is 1.72. The summed E-state index contributed by atoms with van der Waals surface area (Å²) in [5.41, 5.74) is 4.86. The zero-order chi connectivity index (χ0) is 22.6. The summed E-state index contributed by atoms with van der Waals surface area (Å²) in [5, 5.41) is 7.13. The maximum Gasteiger partial charge on any atom is 0.331 e. The molecule has 166 valence electrons. The van der Waals surface area contributed by atoms with Crippen LogP contribution < -0.4 is 5.32 Å². The molecule has 2 aromatic rings. The Morgan fingerprint density at radius 3 is 2.58 bits per heavy atom. The summed E-state index contributed by atoms with van der Waals surface area (Å²) in [6.45, 7) is 6.01. The second kappa shape index (κ2) is 9.47. The Bertz CT molecular complexity index is 1100. The highest BCUT2D eigenvalue weighted by atomic mass is 32.2. The van der Waals surface area contributed by atoms with Gasteiger partial charge in [0, 0.05) is 23.4 Å². The Morgan fingerprint density at radius 2 is 1.94 bits per heavy atom. The molecule has 0 aliphatic carbocycles. The number of carbonyl (C=O) groups is 2. The fraction of sp³-hybridized carbons (Fsp3) is 0.409. The number of nitrogens with one attached hydrogen (secondary N) is 1. The third-order valence-corrected chi connectivity index (χ3v) is 6.99. The standard InChI is InChI=1S/C22H27N3O5S/c1-15-4-6-18(7-5-15)12-25-17(3)20(16(2)24-25)8-9-22(27)30-13-21(26)23-19-10-11-31(28,29)14-19/h4-9,19H,10-14H2,1-3H3,(H,23,26)/b9-8+. The average molecular weight is 446 g/mol. The van der Waals surface area contributed by atoms with Crippen LogP contribution in [0.3, 0.4) is 0 Å². The van der Waals surface area contributed by atoms with Crippen molar-refractivity contribution in [2.75, 3.05) is 18.1 Å². The van der Waals surface area contributed by atoms with E-state index in [9.17, 15) is 18.0 Å². The van der Waals surface area contributed by atoms with Crippen LogP contribution in [-0.4, -0.2) is 54.2 Å². The van der Waals surface area contributed by atoms with Crippen LogP contribution in [0.1, 0.15) is 34.5 Å². The van der Waals surface area contributed by atoms with Crippen molar-refractivity contribution >= 4 is 27.8 Å². The normalized spacial score (nSPS) is 17.7. The van der Waals surface area contributed by atoms with E-state index in [1.165, 1.54) is 11.6 Å². The summed E-state index contributed by atoms with van der Waals surface area (Å²) in [6, 6.07) is 7.81. The van der Waals surface area contributed by atoms with Gasteiger partial charge in [0.25, 0.3) is 5.91 Å². The van der Waals surface area contributed by atoms with Gasteiger partial charge in [-0.25, -0.2) is 13.2 Å². The van der Waals surface area contributed by atoms with Gasteiger partial charge in [-0.2, -0.15) is 5.10 Å². The van der Waals surface area contributed by atoms with Gasteiger partial charge in [-0.05, 0) is 38.8 Å². The maximum absolute atomic E-state index is 12.0. The molecule has 1 aliphatic rings. The molecule has 3 rings (SSSR count). The summed E-state index contributed by atoms with van der Waals surface area (Å²) in [4.78, 5) is 23.9. The lowest BCUT2D eigenvalue weighted by Gasteiger charge is -2.10. The topological polar surface area (TPSA) is 107 Å². The number of aryl methyl sites for hydroxylation is 2. The highest BCUT2D eigenvalue weighted by molar-refractivity contribution is 7.91. The van der Waals surface area contributed by atoms with Gasteiger partial charge < -0.3 is 10.1 Å². The van der Waals surface area contributed by atoms with E-state index in [4.69, 9.17) is 4.74 Å². The van der Waals surface area contributed by atoms with E-state index in [0.717, 1.165) is 22.5 Å². The number of esters is 1. The molecular weight excluding hydrogens is 418 g/mol. The molecule has 1 aliphatic heterocycles. The van der Waals surface area contributed by atoms with E-state index in [2.05, 4.69) is 34.7 Å². The quantitative estimate of drug-likeness (QED) is 0.514. The first-order chi connectivity index (χ1) is 14.6. The summed E-state index contributed by atoms with van der Waals surface area (Å²) >= 11 is 0. The molecule has 1 atom stereocenters. The second-order valence-electron chi connectivity index (χ2n) is 7.84. The zero-order valence-electron chi connectivity index (χ0n) is 17.9. The lowest BCUT2D eigenvalue weighted by atomic mass is 10.1. The van der Waals surface area contributed by atoms with Crippen molar-refractivity contribution in [3.05, 3.63) is 58.4 Å². The lowest BCUT2D eigenvalue weighted by Crippen LogP contribution is -2.38. The van der Waals surface area contributed by atoms with Gasteiger partial charge in [0.1, 0.15) is 0 Å². The van der Waals surface area contributed by atoms with Crippen molar-refractivity contribution < 1.29 is 22.7 Å². The molecule has 0 radical (unpaired) electrons. The SMILES string of the molecule is Cc1ccc(Cn2nc(C)c(/C=C/C(=O)OCC(=O)NC3CCS(=O)(=O)C3)c2C)cc1. The predicted molar refractivity (Wildman–Crippen MR) is 117 cm³/mol. The Morgan fingerprint density at radius 1 is 1.23 bits per heavy atom. The molecule has 9 heteroatoms. The van der Waals surface area contributed by atoms with E-state index in [-0.39, 0.29) is 11.5 Å². The number of benzene rings is 1. The third kappa shape index (κ3) is 6.27. The molecule has 31 heavy (non-hydrogen) atoms. The molecule has 0 saturated carbocycles. The van der Waals surface area contributed by atoms with E-state index in [1.807, 2.05) is 25.5 Å². The van der Waals surface area contributed by atoms with Crippen LogP contribution in [0.25, 0.3) is 6.08 Å². The molecule has 1 fully saturated rings. The third-order valence-electron chi connectivity index (χ3n) is 5.22. The molecule has 1 N–H and O–H groups in total. The number of amides is 1. The molecule has 0 bridgehead atoms. The van der Waals surface area contributed by atoms with Gasteiger partial charge in [0.2, 0.25) is 0 Å². The molecule has 0 spiro atoms. The number of sulfone groups is 1. The van der Waals surface area contributed by atoms with Crippen LogP contribution in [0.5, 0.6) is 0 Å². The molecule has 1 aromatic heterocycles. The summed E-state index contributed by atoms with van der Waals surface area (Å²) in [7, 11) is -3.08. The fourth-order valence-corrected chi connectivity index (χ4v) is 5.16. The smallest absolute Gasteiger partial charge is 0.331 e. The van der Waals surface area contributed by atoms with Gasteiger partial charge in [0.15, 0.2) is 16.4 Å². The summed E-state index contributed by atoms with van der Waals surface area (Å²) in [6.07, 6.45) is 3.28. The summed E-state index contributed by atoms with van der Waals surface area (Å²) in [5.74, 6) is -1.17. The van der Waals surface area contributed by atoms with Crippen molar-refractivity contribution in [1.82, 2.24) is 15.1 Å². The molecule has 2 heterocycles. The van der Waals surface area contributed by atoms with Crippen molar-refractivity contribution in [3.8, 4) is 0 Å². The van der Waals surface area contributed by atoms with Crippen LogP contribution >= 0.6 is 0 Å². The first-order valence-corrected chi connectivity index (χ1v) is 11.9. The van der Waals surface area contributed by atoms with E-state index < -0.39 is 34.4 Å². The van der Waals surface area contributed by atoms with Crippen LogP contribution in [0.2, 0.25) is 0 Å². The number of hydrogen-bond donors (Lipinski definition) is 1. The number of aromatic nitrogens is 2. The molecule has 8 nitrogen and oxygen atoms in total. The summed E-state index contributed by atoms with van der Waals surface area (Å²) < 4.78 is 29.7. The van der Waals surface area contributed by atoms with Crippen molar-refractivity contribution in [3.63, 3.8) is 0 Å². The highest BCUT2D eigenvalue weighted by Crippen LogP contribution is 2.17. The van der Waals surface area contributed by atoms with E-state index in [0.29, 0.717) is 13.0 Å². The number of rotatable bonds is 7. The molecule has 1 saturated heterocycles. The largest absolute Gasteiger partial charge is 0.452 e. The molecule has 1 aromatic carbocycles. The van der Waals surface area contributed by atoms with Gasteiger partial charge in [0.05, 0.1) is 23.7 Å². The van der Waals surface area contributed by atoms with Gasteiger partial charge in [-0.15, -0.1) is 0 Å². The van der Waals surface area contributed by atoms with Crippen molar-refractivity contribution in [1.29, 1.82) is 0 Å². The first-order valence-electron chi connectivity index (χ1n) is 10.1. The molecule has 1 unspecified atom stereocenters. The first kappa shape index (κ1) is 22.7. The van der Waals surface area contributed by atoms with Crippen LogP contribution in [0.4, 0.5) is 0 Å². The Kier molecular flexibility index (Phi) is 6.94. The van der Waals surface area contributed by atoms with Crippen molar-refractivity contribution in [2.45, 2.75) is 39.8 Å². The highest BCUT2D eigenvalue weighted by Gasteiger charge is 2.28. The minimum Gasteiger partial charge on any atom is -0.452 e. The van der Waals surface area contributed by atoms with Crippen molar-refractivity contribution in [2.24, 2.45) is 0 Å². The minimum absolute atomic E-state index is 0.0662. The number of ether oxygens (including phenoxy) is 1. The van der Waals surface area contributed by atoms with Gasteiger partial charge in [-0.3, -0.25) is 9.48 Å². The van der Waals surface area contributed by atoms with E-state index >= 15 is 0 Å². The van der Waals surface area contributed by atoms with Crippen LogP contribution in [0, 0.1) is 20.8 Å². The maximum atomic E-state index is 12.0. The number of hydrogen-bond acceptors (Lipinski definition) is 6. The molecular formula is C22H27N3O5S. The average Bonchev–Trinajstić information content (AvgIpc) is 3.18. The Hall–Kier alpha value is -2.94. The minimum atomic E-state index is -3.08. The Labute approximate surface area is 182 Å². The Balaban J connectivity index is 1.53.